The number of carbonyl (C=O) groups is 1. The minimum atomic E-state index is -0.967. The largest absolute Gasteiger partial charge is 0.482 e. The molecule has 178 valence electrons. The summed E-state index contributed by atoms with van der Waals surface area (Å²) in [7, 11) is 0. The van der Waals surface area contributed by atoms with Crippen LogP contribution in [0.2, 0.25) is 0 Å². The molecule has 0 fully saturated rings. The summed E-state index contributed by atoms with van der Waals surface area (Å²) >= 11 is 3.57. The third-order valence-corrected chi connectivity index (χ3v) is 8.78. The molecule has 4 aromatic rings. The van der Waals surface area contributed by atoms with Gasteiger partial charge in [0, 0.05) is 34.1 Å². The number of carboxylic acid groups (broad SMARTS) is 1. The van der Waals surface area contributed by atoms with Crippen LogP contribution >= 0.6 is 23.1 Å². The number of thioether (sulfide) groups is 1. The van der Waals surface area contributed by atoms with Crippen LogP contribution in [0.15, 0.2) is 71.1 Å². The van der Waals surface area contributed by atoms with Crippen LogP contribution in [-0.2, 0) is 11.2 Å². The zero-order chi connectivity index (χ0) is 24.4. The van der Waals surface area contributed by atoms with Gasteiger partial charge in [-0.05, 0) is 48.6 Å². The summed E-state index contributed by atoms with van der Waals surface area (Å²) in [6, 6.07) is 23.4. The van der Waals surface area contributed by atoms with Crippen LogP contribution in [0.25, 0.3) is 11.3 Å². The predicted octanol–water partition coefficient (Wildman–Crippen LogP) is 7.11. The van der Waals surface area contributed by atoms with E-state index in [2.05, 4.69) is 67.6 Å². The van der Waals surface area contributed by atoms with Gasteiger partial charge in [-0.3, -0.25) is 0 Å². The summed E-state index contributed by atoms with van der Waals surface area (Å²) in [5.74, 6) is 1.04. The number of carboxylic acids is 1. The molecule has 0 spiro atoms. The van der Waals surface area contributed by atoms with E-state index in [1.165, 1.54) is 21.6 Å². The zero-order valence-electron chi connectivity index (χ0n) is 19.8. The van der Waals surface area contributed by atoms with E-state index >= 15 is 0 Å². The first kappa shape index (κ1) is 23.6. The van der Waals surface area contributed by atoms with Crippen molar-refractivity contribution < 1.29 is 14.6 Å². The highest BCUT2D eigenvalue weighted by Gasteiger charge is 2.29. The number of nitrogens with zero attached hydrogens (tertiary/aromatic N) is 1. The van der Waals surface area contributed by atoms with Crippen molar-refractivity contribution in [1.82, 2.24) is 4.98 Å². The molecule has 6 heteroatoms. The van der Waals surface area contributed by atoms with Crippen molar-refractivity contribution in [3.63, 3.8) is 0 Å². The van der Waals surface area contributed by atoms with Crippen molar-refractivity contribution >= 4 is 29.1 Å². The molecule has 0 saturated carbocycles. The van der Waals surface area contributed by atoms with Crippen molar-refractivity contribution in [3.05, 3.63) is 99.4 Å². The van der Waals surface area contributed by atoms with Crippen LogP contribution in [0, 0.1) is 13.8 Å². The Balaban J connectivity index is 1.34. The summed E-state index contributed by atoms with van der Waals surface area (Å²) < 4.78 is 6.72. The van der Waals surface area contributed by atoms with Crippen molar-refractivity contribution in [2.75, 3.05) is 12.4 Å². The van der Waals surface area contributed by atoms with E-state index in [0.29, 0.717) is 11.7 Å². The molecule has 1 aromatic heterocycles. The van der Waals surface area contributed by atoms with E-state index in [4.69, 9.17) is 14.8 Å². The second-order valence-corrected chi connectivity index (χ2v) is 11.2. The average Bonchev–Trinajstić information content (AvgIpc) is 3.42. The molecule has 35 heavy (non-hydrogen) atoms. The maximum atomic E-state index is 11.0. The highest BCUT2D eigenvalue weighted by molar-refractivity contribution is 8.01. The number of thiazole rings is 1. The summed E-state index contributed by atoms with van der Waals surface area (Å²) in [5, 5.41) is 9.05. The third-order valence-electron chi connectivity index (χ3n) is 6.55. The van der Waals surface area contributed by atoms with Gasteiger partial charge in [0.05, 0.1) is 5.69 Å². The first-order valence-electron chi connectivity index (χ1n) is 11.7. The molecule has 0 aliphatic heterocycles. The van der Waals surface area contributed by atoms with E-state index in [1.54, 1.807) is 11.3 Å². The number of hydrogen-bond donors (Lipinski definition) is 1. The summed E-state index contributed by atoms with van der Waals surface area (Å²) in [4.78, 5) is 17.3. The smallest absolute Gasteiger partial charge is 0.341 e. The Labute approximate surface area is 214 Å². The lowest BCUT2D eigenvalue weighted by atomic mass is 9.89. The molecule has 1 aliphatic carbocycles. The minimum absolute atomic E-state index is 0.332. The lowest BCUT2D eigenvalue weighted by Crippen LogP contribution is -2.11. The fourth-order valence-corrected chi connectivity index (χ4v) is 7.01. The fraction of sp³-hybridized carbons (Fsp3) is 0.241. The van der Waals surface area contributed by atoms with E-state index in [9.17, 15) is 4.79 Å². The van der Waals surface area contributed by atoms with Crippen LogP contribution in [0.4, 0.5) is 0 Å². The fourth-order valence-electron chi connectivity index (χ4n) is 4.73. The van der Waals surface area contributed by atoms with Crippen molar-refractivity contribution in [1.29, 1.82) is 0 Å². The number of benzene rings is 3. The van der Waals surface area contributed by atoms with E-state index in [1.807, 2.05) is 24.8 Å². The minimum Gasteiger partial charge on any atom is -0.482 e. The van der Waals surface area contributed by atoms with Gasteiger partial charge in [-0.2, -0.15) is 0 Å². The molecular formula is C29H27NO3S2. The molecule has 1 N–H and O–H groups in total. The Morgan fingerprint density at radius 2 is 1.74 bits per heavy atom. The van der Waals surface area contributed by atoms with E-state index in [0.717, 1.165) is 45.3 Å². The van der Waals surface area contributed by atoms with Gasteiger partial charge in [-0.1, -0.05) is 72.4 Å². The lowest BCUT2D eigenvalue weighted by molar-refractivity contribution is -0.139. The summed E-state index contributed by atoms with van der Waals surface area (Å²) in [6.07, 6.45) is 1.78. The van der Waals surface area contributed by atoms with Gasteiger partial charge in [0.15, 0.2) is 10.9 Å². The van der Waals surface area contributed by atoms with Crippen LogP contribution < -0.4 is 4.74 Å². The summed E-state index contributed by atoms with van der Waals surface area (Å²) in [5.41, 5.74) is 8.19. The van der Waals surface area contributed by atoms with Crippen LogP contribution in [0.5, 0.6) is 5.75 Å². The van der Waals surface area contributed by atoms with Crippen molar-refractivity contribution in [2.45, 2.75) is 36.9 Å². The number of hydrogen-bond acceptors (Lipinski definition) is 5. The van der Waals surface area contributed by atoms with Crippen molar-refractivity contribution in [2.24, 2.45) is 0 Å². The zero-order valence-corrected chi connectivity index (χ0v) is 21.4. The SMILES string of the molecule is Cc1cc(OCC(=O)O)c2c(c1C)-c1nc(SCCC(c3ccccc3)c3ccccc3)sc1C2. The van der Waals surface area contributed by atoms with Gasteiger partial charge in [-0.15, -0.1) is 11.3 Å². The molecular weight excluding hydrogens is 474 g/mol. The molecule has 0 saturated heterocycles. The molecule has 1 aliphatic rings. The van der Waals surface area contributed by atoms with Crippen LogP contribution in [0.3, 0.4) is 0 Å². The second kappa shape index (κ2) is 10.3. The lowest BCUT2D eigenvalue weighted by Gasteiger charge is -2.17. The summed E-state index contributed by atoms with van der Waals surface area (Å²) in [6.45, 7) is 3.82. The Morgan fingerprint density at radius 3 is 2.37 bits per heavy atom. The molecule has 0 amide bonds. The number of fused-ring (bicyclic) bond motifs is 3. The Kier molecular flexibility index (Phi) is 6.93. The number of ether oxygens (including phenoxy) is 1. The number of aromatic nitrogens is 1. The third kappa shape index (κ3) is 5.00. The van der Waals surface area contributed by atoms with E-state index in [-0.39, 0.29) is 6.61 Å². The first-order chi connectivity index (χ1) is 17.0. The topological polar surface area (TPSA) is 59.4 Å². The number of aliphatic carboxylic acids is 1. The Bertz CT molecular complexity index is 1310. The highest BCUT2D eigenvalue weighted by atomic mass is 32.2. The molecule has 1 heterocycles. The molecule has 0 bridgehead atoms. The number of aryl methyl sites for hydroxylation is 1. The molecule has 5 rings (SSSR count). The highest BCUT2D eigenvalue weighted by Crippen LogP contribution is 2.48. The normalized spacial score (nSPS) is 12.0. The van der Waals surface area contributed by atoms with Crippen LogP contribution in [0.1, 0.15) is 45.0 Å². The maximum absolute atomic E-state index is 11.0. The maximum Gasteiger partial charge on any atom is 0.341 e. The van der Waals surface area contributed by atoms with Gasteiger partial charge in [0.25, 0.3) is 0 Å². The Morgan fingerprint density at radius 1 is 1.09 bits per heavy atom. The monoisotopic (exact) mass is 501 g/mol. The molecule has 0 unspecified atom stereocenters. The molecule has 3 aromatic carbocycles. The van der Waals surface area contributed by atoms with Gasteiger partial charge in [0.1, 0.15) is 5.75 Å². The number of rotatable bonds is 9. The predicted molar refractivity (Wildman–Crippen MR) is 143 cm³/mol. The van der Waals surface area contributed by atoms with Crippen molar-refractivity contribution in [3.8, 4) is 17.0 Å². The van der Waals surface area contributed by atoms with Gasteiger partial charge in [-0.25, -0.2) is 9.78 Å². The van der Waals surface area contributed by atoms with E-state index < -0.39 is 5.97 Å². The Hall–Kier alpha value is -3.09. The van der Waals surface area contributed by atoms with Gasteiger partial charge < -0.3 is 9.84 Å². The quantitative estimate of drug-likeness (QED) is 0.218. The molecule has 0 atom stereocenters. The van der Waals surface area contributed by atoms with Crippen LogP contribution in [-0.4, -0.2) is 28.4 Å². The molecule has 0 radical (unpaired) electrons. The molecule has 4 nitrogen and oxygen atoms in total. The standard InChI is InChI=1S/C29H27NO3S2/c1-18-15-24(33-17-26(31)32)23-16-25-28(27(23)19(18)2)30-29(35-25)34-14-13-22(20-9-5-3-6-10-20)21-11-7-4-8-12-21/h3-12,15,22H,13-14,16-17H2,1-2H3,(H,31,32). The van der Waals surface area contributed by atoms with Gasteiger partial charge in [0.2, 0.25) is 0 Å². The average molecular weight is 502 g/mol. The second-order valence-electron chi connectivity index (χ2n) is 8.79. The van der Waals surface area contributed by atoms with Gasteiger partial charge >= 0.3 is 5.97 Å². The first-order valence-corrected chi connectivity index (χ1v) is 13.5.